The van der Waals surface area contributed by atoms with Crippen LogP contribution in [0.1, 0.15) is 41.5 Å². The topological polar surface area (TPSA) is 38.5 Å². The summed E-state index contributed by atoms with van der Waals surface area (Å²) in [4.78, 5) is 2.51. The van der Waals surface area contributed by atoms with Crippen LogP contribution >= 0.6 is 0 Å². The SMILES string of the molecule is COc1ccc2c(c1)C1C(CCCN1C)C2c1ccccc1N. The highest BCUT2D eigenvalue weighted by atomic mass is 16.5. The molecule has 0 aromatic heterocycles. The molecule has 120 valence electrons. The van der Waals surface area contributed by atoms with E-state index in [0.717, 1.165) is 18.0 Å². The number of benzene rings is 2. The van der Waals surface area contributed by atoms with Crippen molar-refractivity contribution in [2.24, 2.45) is 5.92 Å². The molecule has 0 saturated carbocycles. The molecule has 2 aliphatic rings. The maximum atomic E-state index is 6.33. The molecule has 2 aromatic rings. The van der Waals surface area contributed by atoms with Gasteiger partial charge in [-0.15, -0.1) is 0 Å². The molecule has 1 aliphatic carbocycles. The first kappa shape index (κ1) is 14.6. The van der Waals surface area contributed by atoms with E-state index in [0.29, 0.717) is 17.9 Å². The van der Waals surface area contributed by atoms with Gasteiger partial charge in [0.05, 0.1) is 7.11 Å². The van der Waals surface area contributed by atoms with Gasteiger partial charge in [-0.25, -0.2) is 0 Å². The summed E-state index contributed by atoms with van der Waals surface area (Å²) in [6.45, 7) is 1.16. The zero-order chi connectivity index (χ0) is 16.0. The van der Waals surface area contributed by atoms with Gasteiger partial charge in [0.15, 0.2) is 0 Å². The highest BCUT2D eigenvalue weighted by Crippen LogP contribution is 2.55. The number of piperidine rings is 1. The van der Waals surface area contributed by atoms with E-state index in [1.54, 1.807) is 7.11 Å². The van der Waals surface area contributed by atoms with Crippen LogP contribution < -0.4 is 10.5 Å². The van der Waals surface area contributed by atoms with Crippen molar-refractivity contribution in [1.82, 2.24) is 4.90 Å². The number of likely N-dealkylation sites (tertiary alicyclic amines) is 1. The minimum Gasteiger partial charge on any atom is -0.497 e. The van der Waals surface area contributed by atoms with E-state index >= 15 is 0 Å². The molecule has 0 spiro atoms. The van der Waals surface area contributed by atoms with Gasteiger partial charge in [0.25, 0.3) is 0 Å². The predicted molar refractivity (Wildman–Crippen MR) is 93.8 cm³/mol. The van der Waals surface area contributed by atoms with Crippen molar-refractivity contribution in [3.8, 4) is 5.75 Å². The number of fused-ring (bicyclic) bond motifs is 3. The molecular weight excluding hydrogens is 284 g/mol. The molecule has 3 unspecified atom stereocenters. The van der Waals surface area contributed by atoms with Crippen LogP contribution in [0.3, 0.4) is 0 Å². The summed E-state index contributed by atoms with van der Waals surface area (Å²) in [6.07, 6.45) is 2.51. The Bertz CT molecular complexity index is 727. The second-order valence-corrected chi connectivity index (χ2v) is 6.83. The molecule has 3 heteroatoms. The van der Waals surface area contributed by atoms with Crippen molar-refractivity contribution in [3.63, 3.8) is 0 Å². The van der Waals surface area contributed by atoms with Gasteiger partial charge in [0.2, 0.25) is 0 Å². The van der Waals surface area contributed by atoms with Crippen molar-refractivity contribution < 1.29 is 4.74 Å². The van der Waals surface area contributed by atoms with E-state index in [1.807, 2.05) is 12.1 Å². The van der Waals surface area contributed by atoms with Crippen molar-refractivity contribution in [2.45, 2.75) is 24.8 Å². The highest BCUT2D eigenvalue weighted by Gasteiger charge is 2.45. The molecule has 0 radical (unpaired) electrons. The van der Waals surface area contributed by atoms with Gasteiger partial charge >= 0.3 is 0 Å². The standard InChI is InChI=1S/C20H24N2O/c1-22-11-5-7-16-19(15-6-3-4-8-18(15)21)14-10-9-13(23-2)12-17(14)20(16)22/h3-4,6,8-10,12,16,19-20H,5,7,11,21H2,1-2H3. The van der Waals surface area contributed by atoms with Gasteiger partial charge in [-0.1, -0.05) is 24.3 Å². The van der Waals surface area contributed by atoms with Crippen LogP contribution in [-0.2, 0) is 0 Å². The summed E-state index contributed by atoms with van der Waals surface area (Å²) in [7, 11) is 3.99. The molecule has 23 heavy (non-hydrogen) atoms. The van der Waals surface area contributed by atoms with Crippen LogP contribution in [0.5, 0.6) is 5.75 Å². The lowest BCUT2D eigenvalue weighted by atomic mass is 9.79. The number of para-hydroxylation sites is 1. The zero-order valence-corrected chi connectivity index (χ0v) is 13.8. The Morgan fingerprint density at radius 1 is 1.09 bits per heavy atom. The molecule has 1 aliphatic heterocycles. The highest BCUT2D eigenvalue weighted by molar-refractivity contribution is 5.57. The van der Waals surface area contributed by atoms with Gasteiger partial charge in [-0.05, 0) is 67.2 Å². The Hall–Kier alpha value is -2.00. The Morgan fingerprint density at radius 2 is 1.91 bits per heavy atom. The van der Waals surface area contributed by atoms with Crippen molar-refractivity contribution >= 4 is 5.69 Å². The van der Waals surface area contributed by atoms with Gasteiger partial charge in [-0.2, -0.15) is 0 Å². The number of rotatable bonds is 2. The van der Waals surface area contributed by atoms with Crippen molar-refractivity contribution in [3.05, 3.63) is 59.2 Å². The molecule has 2 aromatic carbocycles. The Balaban J connectivity index is 1.89. The summed E-state index contributed by atoms with van der Waals surface area (Å²) in [6, 6.07) is 15.4. The third kappa shape index (κ3) is 2.22. The van der Waals surface area contributed by atoms with E-state index in [-0.39, 0.29) is 0 Å². The number of hydrogen-bond donors (Lipinski definition) is 1. The first-order valence-corrected chi connectivity index (χ1v) is 8.43. The first-order chi connectivity index (χ1) is 11.2. The van der Waals surface area contributed by atoms with Crippen molar-refractivity contribution in [1.29, 1.82) is 0 Å². The second-order valence-electron chi connectivity index (χ2n) is 6.83. The Kier molecular flexibility index (Phi) is 3.53. The summed E-state index contributed by atoms with van der Waals surface area (Å²) in [5, 5.41) is 0. The van der Waals surface area contributed by atoms with Crippen molar-refractivity contribution in [2.75, 3.05) is 26.4 Å². The zero-order valence-electron chi connectivity index (χ0n) is 13.8. The van der Waals surface area contributed by atoms with Crippen LogP contribution in [0.25, 0.3) is 0 Å². The van der Waals surface area contributed by atoms with Crippen LogP contribution in [0.15, 0.2) is 42.5 Å². The lowest BCUT2D eigenvalue weighted by Gasteiger charge is -2.37. The van der Waals surface area contributed by atoms with E-state index in [1.165, 1.54) is 29.5 Å². The van der Waals surface area contributed by atoms with E-state index in [2.05, 4.69) is 42.3 Å². The minimum absolute atomic E-state index is 0.393. The Morgan fingerprint density at radius 3 is 2.70 bits per heavy atom. The average molecular weight is 308 g/mol. The van der Waals surface area contributed by atoms with Crippen LogP contribution in [0.2, 0.25) is 0 Å². The third-order valence-corrected chi connectivity index (χ3v) is 5.64. The molecular formula is C20H24N2O. The number of methoxy groups -OCH3 is 1. The van der Waals surface area contributed by atoms with E-state index in [4.69, 9.17) is 10.5 Å². The van der Waals surface area contributed by atoms with Gasteiger partial charge in [-0.3, -0.25) is 4.90 Å². The maximum Gasteiger partial charge on any atom is 0.119 e. The largest absolute Gasteiger partial charge is 0.497 e. The number of nitrogen functional groups attached to an aromatic ring is 1. The van der Waals surface area contributed by atoms with E-state index in [9.17, 15) is 0 Å². The molecule has 4 rings (SSSR count). The molecule has 3 nitrogen and oxygen atoms in total. The smallest absolute Gasteiger partial charge is 0.119 e. The Labute approximate surface area is 138 Å². The lowest BCUT2D eigenvalue weighted by Crippen LogP contribution is -2.35. The number of nitrogens with two attached hydrogens (primary N) is 1. The quantitative estimate of drug-likeness (QED) is 0.858. The van der Waals surface area contributed by atoms with Crippen LogP contribution in [0.4, 0.5) is 5.69 Å². The molecule has 0 amide bonds. The average Bonchev–Trinajstić information content (AvgIpc) is 2.90. The fourth-order valence-electron chi connectivity index (χ4n) is 4.66. The maximum absolute atomic E-state index is 6.33. The molecule has 0 bridgehead atoms. The van der Waals surface area contributed by atoms with Crippen LogP contribution in [0, 0.1) is 5.92 Å². The lowest BCUT2D eigenvalue weighted by molar-refractivity contribution is 0.127. The molecule has 3 atom stereocenters. The molecule has 1 heterocycles. The number of hydrogen-bond acceptors (Lipinski definition) is 3. The van der Waals surface area contributed by atoms with Gasteiger partial charge < -0.3 is 10.5 Å². The normalized spacial score (nSPS) is 26.6. The third-order valence-electron chi connectivity index (χ3n) is 5.64. The number of anilines is 1. The summed E-state index contributed by atoms with van der Waals surface area (Å²) < 4.78 is 5.48. The summed E-state index contributed by atoms with van der Waals surface area (Å²) in [5.41, 5.74) is 11.4. The van der Waals surface area contributed by atoms with Crippen LogP contribution in [-0.4, -0.2) is 25.6 Å². The second kappa shape index (κ2) is 5.57. The molecule has 1 fully saturated rings. The number of nitrogens with zero attached hydrogens (tertiary/aromatic N) is 1. The van der Waals surface area contributed by atoms with Gasteiger partial charge in [0.1, 0.15) is 5.75 Å². The summed E-state index contributed by atoms with van der Waals surface area (Å²) >= 11 is 0. The fourth-order valence-corrected chi connectivity index (χ4v) is 4.66. The predicted octanol–water partition coefficient (Wildman–Crippen LogP) is 3.81. The minimum atomic E-state index is 0.393. The summed E-state index contributed by atoms with van der Waals surface area (Å²) in [5.74, 6) is 1.94. The monoisotopic (exact) mass is 308 g/mol. The fraction of sp³-hybridized carbons (Fsp3) is 0.400. The number of ether oxygens (including phenoxy) is 1. The first-order valence-electron chi connectivity index (χ1n) is 8.43. The molecule has 2 N–H and O–H groups in total. The van der Waals surface area contributed by atoms with E-state index < -0.39 is 0 Å². The van der Waals surface area contributed by atoms with Gasteiger partial charge in [0, 0.05) is 17.6 Å². The molecule has 1 saturated heterocycles.